The fourth-order valence-corrected chi connectivity index (χ4v) is 3.29. The molecule has 1 aromatic rings. The molecule has 1 unspecified atom stereocenters. The van der Waals surface area contributed by atoms with Crippen molar-refractivity contribution in [2.45, 2.75) is 13.0 Å². The summed E-state index contributed by atoms with van der Waals surface area (Å²) in [5.41, 5.74) is 0.885. The van der Waals surface area contributed by atoms with E-state index in [0.29, 0.717) is 31.9 Å². The van der Waals surface area contributed by atoms with Gasteiger partial charge in [-0.3, -0.25) is 4.90 Å². The molecule has 1 aromatic carbocycles. The van der Waals surface area contributed by atoms with Gasteiger partial charge in [-0.05, 0) is 13.0 Å². The van der Waals surface area contributed by atoms with Crippen molar-refractivity contribution < 1.29 is 13.5 Å². The molecule has 2 rings (SSSR count). The molecule has 1 heterocycles. The van der Waals surface area contributed by atoms with Gasteiger partial charge in [0.1, 0.15) is 5.75 Å². The van der Waals surface area contributed by atoms with E-state index in [-0.39, 0.29) is 6.04 Å². The monoisotopic (exact) mass is 284 g/mol. The summed E-state index contributed by atoms with van der Waals surface area (Å²) in [4.78, 5) is 2.19. The van der Waals surface area contributed by atoms with Crippen LogP contribution >= 0.6 is 0 Å². The first kappa shape index (κ1) is 14.3. The molecule has 0 spiro atoms. The van der Waals surface area contributed by atoms with E-state index < -0.39 is 10.0 Å². The van der Waals surface area contributed by atoms with Crippen LogP contribution in [0.2, 0.25) is 0 Å². The molecule has 1 saturated heterocycles. The van der Waals surface area contributed by atoms with Gasteiger partial charge in [0, 0.05) is 37.8 Å². The molecule has 0 aliphatic carbocycles. The second-order valence-corrected chi connectivity index (χ2v) is 6.92. The summed E-state index contributed by atoms with van der Waals surface area (Å²) in [6.07, 6.45) is 1.25. The van der Waals surface area contributed by atoms with Gasteiger partial charge in [0.2, 0.25) is 10.0 Å². The maximum absolute atomic E-state index is 11.5. The van der Waals surface area contributed by atoms with E-state index in [4.69, 9.17) is 0 Å². The molecule has 1 fully saturated rings. The average Bonchev–Trinajstić information content (AvgIpc) is 2.38. The van der Waals surface area contributed by atoms with Crippen molar-refractivity contribution in [1.82, 2.24) is 9.21 Å². The number of sulfonamides is 1. The van der Waals surface area contributed by atoms with Gasteiger partial charge in [-0.15, -0.1) is 0 Å². The van der Waals surface area contributed by atoms with Gasteiger partial charge in [0.25, 0.3) is 0 Å². The highest BCUT2D eigenvalue weighted by Gasteiger charge is 2.27. The third-order valence-electron chi connectivity index (χ3n) is 3.68. The Balaban J connectivity index is 2.04. The lowest BCUT2D eigenvalue weighted by atomic mass is 10.1. The van der Waals surface area contributed by atoms with Gasteiger partial charge >= 0.3 is 0 Å². The second kappa shape index (κ2) is 5.48. The van der Waals surface area contributed by atoms with E-state index >= 15 is 0 Å². The molecule has 6 heteroatoms. The number of para-hydroxylation sites is 1. The molecule has 106 valence electrons. The van der Waals surface area contributed by atoms with Crippen molar-refractivity contribution >= 4 is 10.0 Å². The zero-order valence-electron chi connectivity index (χ0n) is 11.3. The van der Waals surface area contributed by atoms with Gasteiger partial charge in [-0.1, -0.05) is 18.2 Å². The molecule has 0 saturated carbocycles. The first-order valence-corrected chi connectivity index (χ1v) is 8.21. The van der Waals surface area contributed by atoms with Gasteiger partial charge in [-0.2, -0.15) is 4.31 Å². The van der Waals surface area contributed by atoms with E-state index in [0.717, 1.165) is 5.56 Å². The van der Waals surface area contributed by atoms with Crippen molar-refractivity contribution in [3.63, 3.8) is 0 Å². The topological polar surface area (TPSA) is 60.9 Å². The number of nitrogens with zero attached hydrogens (tertiary/aromatic N) is 2. The highest BCUT2D eigenvalue weighted by molar-refractivity contribution is 7.88. The number of phenols is 1. The predicted octanol–water partition coefficient (Wildman–Crippen LogP) is 1.03. The summed E-state index contributed by atoms with van der Waals surface area (Å²) in [6.45, 7) is 4.42. The number of benzene rings is 1. The standard InChI is InChI=1S/C13H20N2O3S/c1-11(12-5-3-4-6-13(12)16)14-7-9-15(10-8-14)19(2,17)18/h3-6,11,16H,7-10H2,1-2H3. The third kappa shape index (κ3) is 3.26. The predicted molar refractivity (Wildman–Crippen MR) is 74.5 cm³/mol. The first-order valence-electron chi connectivity index (χ1n) is 6.36. The Morgan fingerprint density at radius 3 is 2.26 bits per heavy atom. The van der Waals surface area contributed by atoms with E-state index in [1.165, 1.54) is 10.6 Å². The normalized spacial score (nSPS) is 20.3. The van der Waals surface area contributed by atoms with E-state index in [1.807, 2.05) is 19.1 Å². The molecule has 1 aliphatic heterocycles. The van der Waals surface area contributed by atoms with Crippen molar-refractivity contribution in [3.05, 3.63) is 29.8 Å². The van der Waals surface area contributed by atoms with Crippen molar-refractivity contribution in [2.24, 2.45) is 0 Å². The molecule has 1 N–H and O–H groups in total. The Kier molecular flexibility index (Phi) is 4.13. The van der Waals surface area contributed by atoms with Crippen LogP contribution in [-0.2, 0) is 10.0 Å². The Bertz CT molecular complexity index is 537. The number of hydrogen-bond donors (Lipinski definition) is 1. The first-order chi connectivity index (χ1) is 8.89. The summed E-state index contributed by atoms with van der Waals surface area (Å²) in [5.74, 6) is 0.292. The smallest absolute Gasteiger partial charge is 0.211 e. The molecular formula is C13H20N2O3S. The van der Waals surface area contributed by atoms with E-state index in [9.17, 15) is 13.5 Å². The van der Waals surface area contributed by atoms with Gasteiger partial charge in [0.05, 0.1) is 6.26 Å². The molecule has 0 amide bonds. The Hall–Kier alpha value is -1.11. The number of hydrogen-bond acceptors (Lipinski definition) is 4. The van der Waals surface area contributed by atoms with E-state index in [1.54, 1.807) is 12.1 Å². The minimum Gasteiger partial charge on any atom is -0.508 e. The Morgan fingerprint density at radius 2 is 1.74 bits per heavy atom. The number of phenolic OH excluding ortho intramolecular Hbond substituents is 1. The lowest BCUT2D eigenvalue weighted by molar-refractivity contribution is 0.144. The minimum absolute atomic E-state index is 0.0860. The Labute approximate surface area is 114 Å². The van der Waals surface area contributed by atoms with Crippen LogP contribution in [0.3, 0.4) is 0 Å². The van der Waals surface area contributed by atoms with Crippen molar-refractivity contribution in [2.75, 3.05) is 32.4 Å². The highest BCUT2D eigenvalue weighted by atomic mass is 32.2. The molecule has 0 bridgehead atoms. The fraction of sp³-hybridized carbons (Fsp3) is 0.538. The SMILES string of the molecule is CC(c1ccccc1O)N1CCN(S(C)(=O)=O)CC1. The lowest BCUT2D eigenvalue weighted by Gasteiger charge is -2.37. The molecule has 5 nitrogen and oxygen atoms in total. The molecule has 19 heavy (non-hydrogen) atoms. The Morgan fingerprint density at radius 1 is 1.16 bits per heavy atom. The van der Waals surface area contributed by atoms with Crippen molar-refractivity contribution in [1.29, 1.82) is 0 Å². The van der Waals surface area contributed by atoms with Crippen LogP contribution in [0.25, 0.3) is 0 Å². The zero-order valence-corrected chi connectivity index (χ0v) is 12.1. The number of piperazine rings is 1. The maximum Gasteiger partial charge on any atom is 0.211 e. The molecule has 0 radical (unpaired) electrons. The number of rotatable bonds is 3. The second-order valence-electron chi connectivity index (χ2n) is 4.93. The van der Waals surface area contributed by atoms with Crippen LogP contribution < -0.4 is 0 Å². The maximum atomic E-state index is 11.5. The molecule has 1 atom stereocenters. The van der Waals surface area contributed by atoms with Crippen LogP contribution in [0.4, 0.5) is 0 Å². The highest BCUT2D eigenvalue weighted by Crippen LogP contribution is 2.28. The largest absolute Gasteiger partial charge is 0.508 e. The van der Waals surface area contributed by atoms with Crippen LogP contribution in [0.1, 0.15) is 18.5 Å². The summed E-state index contributed by atoms with van der Waals surface area (Å²) < 4.78 is 24.4. The van der Waals surface area contributed by atoms with Crippen LogP contribution in [-0.4, -0.2) is 55.2 Å². The van der Waals surface area contributed by atoms with Gasteiger partial charge < -0.3 is 5.11 Å². The van der Waals surface area contributed by atoms with Crippen LogP contribution in [0, 0.1) is 0 Å². The van der Waals surface area contributed by atoms with Gasteiger partial charge in [-0.25, -0.2) is 8.42 Å². The van der Waals surface area contributed by atoms with Crippen molar-refractivity contribution in [3.8, 4) is 5.75 Å². The fourth-order valence-electron chi connectivity index (χ4n) is 2.46. The lowest BCUT2D eigenvalue weighted by Crippen LogP contribution is -2.48. The average molecular weight is 284 g/mol. The van der Waals surface area contributed by atoms with E-state index in [2.05, 4.69) is 4.90 Å². The molecular weight excluding hydrogens is 264 g/mol. The summed E-state index contributed by atoms with van der Waals surface area (Å²) in [7, 11) is -3.09. The quantitative estimate of drug-likeness (QED) is 0.900. The summed E-state index contributed by atoms with van der Waals surface area (Å²) >= 11 is 0. The van der Waals surface area contributed by atoms with Crippen LogP contribution in [0.15, 0.2) is 24.3 Å². The summed E-state index contributed by atoms with van der Waals surface area (Å²) in [5, 5.41) is 9.86. The third-order valence-corrected chi connectivity index (χ3v) is 4.98. The van der Waals surface area contributed by atoms with Gasteiger partial charge in [0.15, 0.2) is 0 Å². The minimum atomic E-state index is -3.09. The van der Waals surface area contributed by atoms with Crippen LogP contribution in [0.5, 0.6) is 5.75 Å². The zero-order chi connectivity index (χ0) is 14.0. The summed E-state index contributed by atoms with van der Waals surface area (Å²) in [6, 6.07) is 7.37. The molecule has 0 aromatic heterocycles. The molecule has 1 aliphatic rings. The number of aromatic hydroxyl groups is 1.